The van der Waals surface area contributed by atoms with E-state index in [0.717, 1.165) is 0 Å². The first-order valence-electron chi connectivity index (χ1n) is 6.56. The molecule has 0 radical (unpaired) electrons. The van der Waals surface area contributed by atoms with E-state index < -0.39 is 5.82 Å². The summed E-state index contributed by atoms with van der Waals surface area (Å²) in [4.78, 5) is 14.0. The molecule has 1 heterocycles. The van der Waals surface area contributed by atoms with Gasteiger partial charge in [-0.3, -0.25) is 9.69 Å². The number of benzene rings is 1. The highest BCUT2D eigenvalue weighted by molar-refractivity contribution is 6.30. The van der Waals surface area contributed by atoms with Gasteiger partial charge in [0, 0.05) is 18.1 Å². The van der Waals surface area contributed by atoms with Gasteiger partial charge >= 0.3 is 0 Å². The number of carbonyl (C=O) groups excluding carboxylic acids is 1. The lowest BCUT2D eigenvalue weighted by Crippen LogP contribution is -2.48. The van der Waals surface area contributed by atoms with Crippen LogP contribution in [-0.2, 0) is 9.53 Å². The number of hydrogen-bond acceptors (Lipinski definition) is 3. The summed E-state index contributed by atoms with van der Waals surface area (Å²) in [7, 11) is 0. The van der Waals surface area contributed by atoms with Crippen LogP contribution < -0.4 is 5.32 Å². The molecule has 1 aliphatic rings. The molecular weight excluding hydrogens is 283 g/mol. The monoisotopic (exact) mass is 300 g/mol. The summed E-state index contributed by atoms with van der Waals surface area (Å²) in [5.74, 6) is -0.751. The SMILES string of the molecule is C[C@H]1CN(CC(=O)Nc2cc(Cl)ccc2F)C[C@H](C)O1. The Labute approximate surface area is 122 Å². The van der Waals surface area contributed by atoms with Gasteiger partial charge in [0.25, 0.3) is 0 Å². The third-order valence-corrected chi connectivity index (χ3v) is 3.30. The predicted molar refractivity (Wildman–Crippen MR) is 76.5 cm³/mol. The normalized spacial score (nSPS) is 23.6. The molecule has 1 aromatic carbocycles. The van der Waals surface area contributed by atoms with Crippen molar-refractivity contribution in [3.63, 3.8) is 0 Å². The highest BCUT2D eigenvalue weighted by Crippen LogP contribution is 2.19. The molecule has 1 aliphatic heterocycles. The summed E-state index contributed by atoms with van der Waals surface area (Å²) in [5.41, 5.74) is 0.108. The minimum Gasteiger partial charge on any atom is -0.373 e. The average Bonchev–Trinajstić information content (AvgIpc) is 2.32. The van der Waals surface area contributed by atoms with Crippen molar-refractivity contribution in [3.05, 3.63) is 29.0 Å². The Morgan fingerprint density at radius 1 is 1.45 bits per heavy atom. The maximum atomic E-state index is 13.5. The van der Waals surface area contributed by atoms with Crippen molar-refractivity contribution in [3.8, 4) is 0 Å². The third-order valence-electron chi connectivity index (χ3n) is 3.06. The molecule has 4 nitrogen and oxygen atoms in total. The van der Waals surface area contributed by atoms with E-state index in [2.05, 4.69) is 5.32 Å². The number of halogens is 2. The number of morpholine rings is 1. The highest BCUT2D eigenvalue weighted by Gasteiger charge is 2.23. The van der Waals surface area contributed by atoms with Gasteiger partial charge in [-0.1, -0.05) is 11.6 Å². The first-order valence-corrected chi connectivity index (χ1v) is 6.94. The van der Waals surface area contributed by atoms with Crippen LogP contribution in [0.25, 0.3) is 0 Å². The molecule has 1 aromatic rings. The van der Waals surface area contributed by atoms with Crippen molar-refractivity contribution in [2.24, 2.45) is 0 Å². The molecule has 110 valence electrons. The number of hydrogen-bond donors (Lipinski definition) is 1. The second kappa shape index (κ2) is 6.52. The summed E-state index contributed by atoms with van der Waals surface area (Å²) in [6, 6.07) is 4.08. The topological polar surface area (TPSA) is 41.6 Å². The Morgan fingerprint density at radius 2 is 2.10 bits per heavy atom. The fourth-order valence-electron chi connectivity index (χ4n) is 2.40. The molecule has 1 saturated heterocycles. The highest BCUT2D eigenvalue weighted by atomic mass is 35.5. The van der Waals surface area contributed by atoms with Gasteiger partial charge in [0.15, 0.2) is 0 Å². The van der Waals surface area contributed by atoms with Crippen molar-refractivity contribution in [1.82, 2.24) is 4.90 Å². The Bertz CT molecular complexity index is 488. The lowest BCUT2D eigenvalue weighted by atomic mass is 10.2. The first kappa shape index (κ1) is 15.2. The quantitative estimate of drug-likeness (QED) is 0.932. The van der Waals surface area contributed by atoms with Crippen LogP contribution in [0, 0.1) is 5.82 Å². The number of carbonyl (C=O) groups is 1. The Kier molecular flexibility index (Phi) is 4.96. The number of nitrogens with one attached hydrogen (secondary N) is 1. The summed E-state index contributed by atoms with van der Waals surface area (Å²) >= 11 is 5.79. The maximum Gasteiger partial charge on any atom is 0.238 e. The second-order valence-corrected chi connectivity index (χ2v) is 5.56. The molecule has 0 aromatic heterocycles. The van der Waals surface area contributed by atoms with E-state index in [9.17, 15) is 9.18 Å². The van der Waals surface area contributed by atoms with Crippen LogP contribution in [-0.4, -0.2) is 42.6 Å². The lowest BCUT2D eigenvalue weighted by molar-refractivity contribution is -0.121. The molecule has 6 heteroatoms. The summed E-state index contributed by atoms with van der Waals surface area (Å²) in [6.07, 6.45) is 0.184. The maximum absolute atomic E-state index is 13.5. The number of nitrogens with zero attached hydrogens (tertiary/aromatic N) is 1. The van der Waals surface area contributed by atoms with Crippen LogP contribution in [0.1, 0.15) is 13.8 Å². The third kappa shape index (κ3) is 4.16. The summed E-state index contributed by atoms with van der Waals surface area (Å²) < 4.78 is 19.1. The minimum absolute atomic E-state index is 0.0921. The van der Waals surface area contributed by atoms with Gasteiger partial charge in [-0.05, 0) is 32.0 Å². The molecule has 0 aliphatic carbocycles. The van der Waals surface area contributed by atoms with Crippen molar-refractivity contribution >= 4 is 23.2 Å². The second-order valence-electron chi connectivity index (χ2n) is 5.12. The molecule has 20 heavy (non-hydrogen) atoms. The molecule has 1 N–H and O–H groups in total. The zero-order chi connectivity index (χ0) is 14.7. The van der Waals surface area contributed by atoms with Gasteiger partial charge in [0.05, 0.1) is 24.4 Å². The van der Waals surface area contributed by atoms with E-state index in [4.69, 9.17) is 16.3 Å². The number of rotatable bonds is 3. The molecule has 0 saturated carbocycles. The Morgan fingerprint density at radius 3 is 2.75 bits per heavy atom. The van der Waals surface area contributed by atoms with Crippen molar-refractivity contribution in [1.29, 1.82) is 0 Å². The van der Waals surface area contributed by atoms with E-state index in [-0.39, 0.29) is 30.3 Å². The number of amides is 1. The zero-order valence-electron chi connectivity index (χ0n) is 11.5. The van der Waals surface area contributed by atoms with E-state index in [0.29, 0.717) is 18.1 Å². The van der Waals surface area contributed by atoms with Gasteiger partial charge in [-0.15, -0.1) is 0 Å². The van der Waals surface area contributed by atoms with Crippen LogP contribution >= 0.6 is 11.6 Å². The van der Waals surface area contributed by atoms with E-state index >= 15 is 0 Å². The molecule has 1 amide bonds. The molecule has 0 unspecified atom stereocenters. The first-order chi connectivity index (χ1) is 9.44. The van der Waals surface area contributed by atoms with Crippen molar-refractivity contribution < 1.29 is 13.9 Å². The lowest BCUT2D eigenvalue weighted by Gasteiger charge is -2.34. The fourth-order valence-corrected chi connectivity index (χ4v) is 2.57. The minimum atomic E-state index is -0.494. The van der Waals surface area contributed by atoms with E-state index in [1.807, 2.05) is 18.7 Å². The van der Waals surface area contributed by atoms with Gasteiger partial charge in [0.1, 0.15) is 5.82 Å². The standard InChI is InChI=1S/C14H18ClFN2O2/c1-9-6-18(7-10(2)20-9)8-14(19)17-13-5-11(15)3-4-12(13)16/h3-5,9-10H,6-8H2,1-2H3,(H,17,19)/t9-,10-/m0/s1. The number of ether oxygens (including phenoxy) is 1. The van der Waals surface area contributed by atoms with Gasteiger partial charge in [-0.2, -0.15) is 0 Å². The van der Waals surface area contributed by atoms with Gasteiger partial charge < -0.3 is 10.1 Å². The fraction of sp³-hybridized carbons (Fsp3) is 0.500. The molecule has 2 rings (SSSR count). The van der Waals surface area contributed by atoms with Gasteiger partial charge in [-0.25, -0.2) is 4.39 Å². The molecule has 0 spiro atoms. The smallest absolute Gasteiger partial charge is 0.238 e. The summed E-state index contributed by atoms with van der Waals surface area (Å²) in [5, 5.41) is 2.93. The number of anilines is 1. The Hall–Kier alpha value is -1.17. The van der Waals surface area contributed by atoms with Crippen LogP contribution in [0.3, 0.4) is 0 Å². The van der Waals surface area contributed by atoms with Crippen LogP contribution in [0.5, 0.6) is 0 Å². The zero-order valence-corrected chi connectivity index (χ0v) is 12.3. The van der Waals surface area contributed by atoms with Crippen molar-refractivity contribution in [2.45, 2.75) is 26.1 Å². The average molecular weight is 301 g/mol. The predicted octanol–water partition coefficient (Wildman–Crippen LogP) is 2.53. The Balaban J connectivity index is 1.93. The molecule has 0 bridgehead atoms. The molecule has 1 fully saturated rings. The van der Waals surface area contributed by atoms with Crippen LogP contribution in [0.2, 0.25) is 5.02 Å². The molecular formula is C14H18ClFN2O2. The van der Waals surface area contributed by atoms with Crippen LogP contribution in [0.15, 0.2) is 18.2 Å². The van der Waals surface area contributed by atoms with Crippen molar-refractivity contribution in [2.75, 3.05) is 25.0 Å². The van der Waals surface area contributed by atoms with E-state index in [1.165, 1.54) is 18.2 Å². The van der Waals surface area contributed by atoms with Crippen LogP contribution in [0.4, 0.5) is 10.1 Å². The van der Waals surface area contributed by atoms with Gasteiger partial charge in [0.2, 0.25) is 5.91 Å². The molecule has 2 atom stereocenters. The largest absolute Gasteiger partial charge is 0.373 e. The summed E-state index contributed by atoms with van der Waals surface area (Å²) in [6.45, 7) is 5.53. The van der Waals surface area contributed by atoms with E-state index in [1.54, 1.807) is 0 Å².